The van der Waals surface area contributed by atoms with Gasteiger partial charge < -0.3 is 14.3 Å². The smallest absolute Gasteiger partial charge is 0.151 e. The Kier molecular flexibility index (Phi) is 4.55. The van der Waals surface area contributed by atoms with Crippen LogP contribution in [0.1, 0.15) is 23.9 Å². The largest absolute Gasteiger partial charge is 0.472 e. The minimum atomic E-state index is 0.740. The lowest BCUT2D eigenvalue weighted by atomic mass is 10.3. The Morgan fingerprint density at radius 1 is 1.39 bits per heavy atom. The third kappa shape index (κ3) is 3.72. The minimum absolute atomic E-state index is 0.740. The van der Waals surface area contributed by atoms with Gasteiger partial charge in [0.1, 0.15) is 0 Å². The van der Waals surface area contributed by atoms with Crippen molar-refractivity contribution in [2.75, 3.05) is 13.6 Å². The zero-order valence-corrected chi connectivity index (χ0v) is 10.8. The van der Waals surface area contributed by atoms with Gasteiger partial charge in [0.15, 0.2) is 5.76 Å². The van der Waals surface area contributed by atoms with Crippen molar-refractivity contribution in [3.05, 3.63) is 41.7 Å². The first-order chi connectivity index (χ1) is 8.78. The Labute approximate surface area is 107 Å². The van der Waals surface area contributed by atoms with Gasteiger partial charge in [-0.1, -0.05) is 12.1 Å². The molecule has 5 nitrogen and oxygen atoms in total. The van der Waals surface area contributed by atoms with Gasteiger partial charge >= 0.3 is 0 Å². The summed E-state index contributed by atoms with van der Waals surface area (Å²) in [6.45, 7) is 5.33. The van der Waals surface area contributed by atoms with Crippen molar-refractivity contribution < 1.29 is 8.94 Å². The molecule has 0 spiro atoms. The fraction of sp³-hybridized carbons (Fsp3) is 0.462. The molecule has 5 heteroatoms. The highest BCUT2D eigenvalue weighted by Gasteiger charge is 2.08. The van der Waals surface area contributed by atoms with E-state index in [0.29, 0.717) is 0 Å². The fourth-order valence-corrected chi connectivity index (χ4v) is 1.78. The first-order valence-electron chi connectivity index (χ1n) is 6.12. The maximum absolute atomic E-state index is 5.30. The first-order valence-corrected chi connectivity index (χ1v) is 6.12. The molecule has 0 radical (unpaired) electrons. The van der Waals surface area contributed by atoms with Crippen LogP contribution in [0.15, 0.2) is 33.6 Å². The molecular weight excluding hydrogens is 230 g/mol. The van der Waals surface area contributed by atoms with Gasteiger partial charge in [-0.05, 0) is 19.7 Å². The highest BCUT2D eigenvalue weighted by Crippen LogP contribution is 2.09. The third-order valence-electron chi connectivity index (χ3n) is 2.62. The molecule has 0 aromatic carbocycles. The second-order valence-corrected chi connectivity index (χ2v) is 4.37. The molecule has 2 aromatic heterocycles. The lowest BCUT2D eigenvalue weighted by molar-refractivity contribution is 0.265. The summed E-state index contributed by atoms with van der Waals surface area (Å²) in [6, 6.07) is 3.96. The van der Waals surface area contributed by atoms with Crippen LogP contribution < -0.4 is 5.32 Å². The van der Waals surface area contributed by atoms with Gasteiger partial charge in [-0.3, -0.25) is 4.90 Å². The summed E-state index contributed by atoms with van der Waals surface area (Å²) in [5.41, 5.74) is 2.11. The fourth-order valence-electron chi connectivity index (χ4n) is 1.78. The molecule has 2 rings (SSSR count). The molecule has 0 saturated carbocycles. The van der Waals surface area contributed by atoms with Crippen molar-refractivity contribution in [3.8, 4) is 0 Å². The van der Waals surface area contributed by atoms with Gasteiger partial charge in [-0.15, -0.1) is 0 Å². The van der Waals surface area contributed by atoms with Gasteiger partial charge in [0.2, 0.25) is 0 Å². The number of rotatable bonds is 7. The first kappa shape index (κ1) is 12.9. The summed E-state index contributed by atoms with van der Waals surface area (Å²) < 4.78 is 10.3. The van der Waals surface area contributed by atoms with Crippen molar-refractivity contribution in [1.82, 2.24) is 15.4 Å². The molecule has 0 unspecified atom stereocenters. The Morgan fingerprint density at radius 3 is 3.00 bits per heavy atom. The molecule has 2 aromatic rings. The predicted octanol–water partition coefficient (Wildman–Crippen LogP) is 2.01. The van der Waals surface area contributed by atoms with Crippen molar-refractivity contribution in [1.29, 1.82) is 0 Å². The zero-order valence-electron chi connectivity index (χ0n) is 10.8. The van der Waals surface area contributed by atoms with Crippen molar-refractivity contribution in [3.63, 3.8) is 0 Å². The summed E-state index contributed by atoms with van der Waals surface area (Å²) in [7, 11) is 2.04. The number of aromatic nitrogens is 1. The predicted molar refractivity (Wildman–Crippen MR) is 67.8 cm³/mol. The Bertz CT molecular complexity index is 451. The third-order valence-corrected chi connectivity index (χ3v) is 2.62. The van der Waals surface area contributed by atoms with Crippen molar-refractivity contribution in [2.45, 2.75) is 26.6 Å². The molecule has 0 amide bonds. The van der Waals surface area contributed by atoms with Crippen LogP contribution in [0.2, 0.25) is 0 Å². The maximum atomic E-state index is 5.30. The summed E-state index contributed by atoms with van der Waals surface area (Å²) in [5.74, 6) is 0.883. The molecule has 18 heavy (non-hydrogen) atoms. The zero-order chi connectivity index (χ0) is 12.8. The Morgan fingerprint density at radius 2 is 2.28 bits per heavy atom. The van der Waals surface area contributed by atoms with Gasteiger partial charge in [0, 0.05) is 24.7 Å². The number of hydrogen-bond acceptors (Lipinski definition) is 5. The average Bonchev–Trinajstić information content (AvgIpc) is 2.98. The van der Waals surface area contributed by atoms with Gasteiger partial charge in [-0.25, -0.2) is 0 Å². The van der Waals surface area contributed by atoms with Crippen LogP contribution in [0.4, 0.5) is 0 Å². The van der Waals surface area contributed by atoms with E-state index in [1.54, 1.807) is 12.5 Å². The summed E-state index contributed by atoms with van der Waals surface area (Å²) in [4.78, 5) is 2.16. The lowest BCUT2D eigenvalue weighted by Gasteiger charge is -2.12. The molecule has 0 fully saturated rings. The van der Waals surface area contributed by atoms with Crippen LogP contribution in [-0.2, 0) is 19.6 Å². The van der Waals surface area contributed by atoms with Crippen LogP contribution in [0.25, 0.3) is 0 Å². The van der Waals surface area contributed by atoms with Gasteiger partial charge in [0.25, 0.3) is 0 Å². The second-order valence-electron chi connectivity index (χ2n) is 4.37. The molecule has 98 valence electrons. The molecule has 0 saturated heterocycles. The highest BCUT2D eigenvalue weighted by molar-refractivity contribution is 5.07. The van der Waals surface area contributed by atoms with Gasteiger partial charge in [0.05, 0.1) is 24.8 Å². The SMILES string of the molecule is CCNCc1cc(CN(C)Cc2ccoc2)on1. The monoisotopic (exact) mass is 249 g/mol. The number of nitrogens with one attached hydrogen (secondary N) is 1. The van der Waals surface area contributed by atoms with E-state index in [-0.39, 0.29) is 0 Å². The van der Waals surface area contributed by atoms with E-state index >= 15 is 0 Å². The van der Waals surface area contributed by atoms with Crippen LogP contribution in [0.5, 0.6) is 0 Å². The summed E-state index contributed by atoms with van der Waals surface area (Å²) >= 11 is 0. The van der Waals surface area contributed by atoms with E-state index in [9.17, 15) is 0 Å². The van der Waals surface area contributed by atoms with E-state index in [1.165, 1.54) is 0 Å². The topological polar surface area (TPSA) is 54.4 Å². The van der Waals surface area contributed by atoms with Crippen molar-refractivity contribution in [2.24, 2.45) is 0 Å². The Balaban J connectivity index is 1.83. The summed E-state index contributed by atoms with van der Waals surface area (Å²) in [6.07, 6.45) is 3.44. The highest BCUT2D eigenvalue weighted by atomic mass is 16.5. The van der Waals surface area contributed by atoms with E-state index < -0.39 is 0 Å². The molecule has 1 N–H and O–H groups in total. The molecule has 0 aliphatic carbocycles. The molecule has 2 heterocycles. The standard InChI is InChI=1S/C13H19N3O2/c1-3-14-7-12-6-13(18-15-12)9-16(2)8-11-4-5-17-10-11/h4-6,10,14H,3,7-9H2,1-2H3. The quantitative estimate of drug-likeness (QED) is 0.813. The molecule has 0 bridgehead atoms. The molecular formula is C13H19N3O2. The van der Waals surface area contributed by atoms with Crippen LogP contribution in [0.3, 0.4) is 0 Å². The van der Waals surface area contributed by atoms with Crippen LogP contribution in [0, 0.1) is 0 Å². The Hall–Kier alpha value is -1.59. The normalized spacial score (nSPS) is 11.3. The van der Waals surface area contributed by atoms with Crippen LogP contribution in [-0.4, -0.2) is 23.6 Å². The number of hydrogen-bond donors (Lipinski definition) is 1. The molecule has 0 aliphatic rings. The van der Waals surface area contributed by atoms with Crippen LogP contribution >= 0.6 is 0 Å². The van der Waals surface area contributed by atoms with E-state index in [0.717, 1.165) is 43.2 Å². The number of furan rings is 1. The lowest BCUT2D eigenvalue weighted by Crippen LogP contribution is -2.16. The molecule has 0 atom stereocenters. The average molecular weight is 249 g/mol. The van der Waals surface area contributed by atoms with E-state index in [2.05, 4.69) is 22.3 Å². The molecule has 0 aliphatic heterocycles. The van der Waals surface area contributed by atoms with Crippen molar-refractivity contribution >= 4 is 0 Å². The summed E-state index contributed by atoms with van der Waals surface area (Å²) in [5, 5.41) is 7.24. The minimum Gasteiger partial charge on any atom is -0.472 e. The second kappa shape index (κ2) is 6.37. The van der Waals surface area contributed by atoms with Gasteiger partial charge in [-0.2, -0.15) is 0 Å². The number of nitrogens with zero attached hydrogens (tertiary/aromatic N) is 2. The van der Waals surface area contributed by atoms with E-state index in [1.807, 2.05) is 19.2 Å². The maximum Gasteiger partial charge on any atom is 0.151 e. The van der Waals surface area contributed by atoms with E-state index in [4.69, 9.17) is 8.94 Å².